The zero-order valence-electron chi connectivity index (χ0n) is 10.4. The molecule has 0 atom stereocenters. The highest BCUT2D eigenvalue weighted by Gasteiger charge is 2.05. The van der Waals surface area contributed by atoms with E-state index in [0.717, 1.165) is 27.3 Å². The number of halogens is 2. The van der Waals surface area contributed by atoms with E-state index in [1.807, 2.05) is 38.2 Å². The summed E-state index contributed by atoms with van der Waals surface area (Å²) in [5.74, 6) is -0.213. The fraction of sp³-hybridized carbons (Fsp3) is 0.200. The van der Waals surface area contributed by atoms with Gasteiger partial charge in [0.05, 0.1) is 0 Å². The van der Waals surface area contributed by atoms with Gasteiger partial charge in [-0.05, 0) is 60.5 Å². The van der Waals surface area contributed by atoms with Gasteiger partial charge in [-0.15, -0.1) is 0 Å². The number of nitrogens with one attached hydrogen (secondary N) is 1. The third kappa shape index (κ3) is 2.89. The van der Waals surface area contributed by atoms with Crippen molar-refractivity contribution < 1.29 is 4.39 Å². The third-order valence-electron chi connectivity index (χ3n) is 2.79. The van der Waals surface area contributed by atoms with Gasteiger partial charge in [0.25, 0.3) is 0 Å². The molecule has 0 bridgehead atoms. The molecule has 0 amide bonds. The maximum absolute atomic E-state index is 13.4. The highest BCUT2D eigenvalue weighted by Crippen LogP contribution is 2.26. The van der Waals surface area contributed by atoms with Gasteiger partial charge in [-0.3, -0.25) is 0 Å². The molecule has 2 aromatic carbocycles. The average molecular weight is 264 g/mol. The number of hydrogen-bond acceptors (Lipinski definition) is 1. The van der Waals surface area contributed by atoms with E-state index in [9.17, 15) is 4.39 Å². The first-order valence-corrected chi connectivity index (χ1v) is 6.18. The van der Waals surface area contributed by atoms with Crippen molar-refractivity contribution in [3.05, 3.63) is 58.4 Å². The Labute approximate surface area is 112 Å². The largest absolute Gasteiger partial charge is 0.316 e. The maximum atomic E-state index is 13.4. The van der Waals surface area contributed by atoms with Crippen molar-refractivity contribution in [2.75, 3.05) is 7.05 Å². The second kappa shape index (κ2) is 5.51. The zero-order chi connectivity index (χ0) is 13.1. The van der Waals surface area contributed by atoms with Crippen molar-refractivity contribution in [1.29, 1.82) is 0 Å². The van der Waals surface area contributed by atoms with Gasteiger partial charge in [-0.2, -0.15) is 0 Å². The lowest BCUT2D eigenvalue weighted by Crippen LogP contribution is -2.05. The highest BCUT2D eigenvalue weighted by atomic mass is 35.5. The van der Waals surface area contributed by atoms with Crippen molar-refractivity contribution in [3.8, 4) is 11.1 Å². The van der Waals surface area contributed by atoms with E-state index in [-0.39, 0.29) is 5.82 Å². The molecule has 0 fully saturated rings. The molecule has 0 aliphatic heterocycles. The summed E-state index contributed by atoms with van der Waals surface area (Å²) in [5.41, 5.74) is 3.78. The Morgan fingerprint density at radius 3 is 2.56 bits per heavy atom. The summed E-state index contributed by atoms with van der Waals surface area (Å²) in [7, 11) is 1.87. The minimum absolute atomic E-state index is 0.213. The Bertz CT molecular complexity index is 546. The first kappa shape index (κ1) is 13.1. The molecule has 0 spiro atoms. The normalized spacial score (nSPS) is 10.7. The molecule has 0 saturated heterocycles. The fourth-order valence-electron chi connectivity index (χ4n) is 1.98. The summed E-state index contributed by atoms with van der Waals surface area (Å²) in [6, 6.07) is 10.8. The summed E-state index contributed by atoms with van der Waals surface area (Å²) in [6.45, 7) is 2.58. The minimum atomic E-state index is -0.213. The van der Waals surface area contributed by atoms with Crippen LogP contribution < -0.4 is 5.32 Å². The summed E-state index contributed by atoms with van der Waals surface area (Å²) in [4.78, 5) is 0. The first-order chi connectivity index (χ1) is 8.60. The van der Waals surface area contributed by atoms with Crippen molar-refractivity contribution in [3.63, 3.8) is 0 Å². The van der Waals surface area contributed by atoms with Gasteiger partial charge >= 0.3 is 0 Å². The van der Waals surface area contributed by atoms with E-state index in [1.54, 1.807) is 6.07 Å². The van der Waals surface area contributed by atoms with Crippen LogP contribution in [0.25, 0.3) is 11.1 Å². The average Bonchev–Trinajstić information content (AvgIpc) is 2.31. The topological polar surface area (TPSA) is 12.0 Å². The molecule has 3 heteroatoms. The van der Waals surface area contributed by atoms with Crippen molar-refractivity contribution >= 4 is 11.6 Å². The van der Waals surface area contributed by atoms with Gasteiger partial charge in [0.2, 0.25) is 0 Å². The van der Waals surface area contributed by atoms with Gasteiger partial charge in [0, 0.05) is 11.6 Å². The number of aryl methyl sites for hydroxylation is 1. The summed E-state index contributed by atoms with van der Waals surface area (Å²) < 4.78 is 13.4. The molecule has 0 radical (unpaired) electrons. The molecule has 18 heavy (non-hydrogen) atoms. The Kier molecular flexibility index (Phi) is 4.00. The monoisotopic (exact) mass is 263 g/mol. The minimum Gasteiger partial charge on any atom is -0.316 e. The molecule has 0 heterocycles. The van der Waals surface area contributed by atoms with Crippen molar-refractivity contribution in [1.82, 2.24) is 5.32 Å². The Hall–Kier alpha value is -1.38. The van der Waals surface area contributed by atoms with Crippen molar-refractivity contribution in [2.45, 2.75) is 13.5 Å². The summed E-state index contributed by atoms with van der Waals surface area (Å²) in [6.07, 6.45) is 0. The van der Waals surface area contributed by atoms with Crippen LogP contribution in [0.1, 0.15) is 11.1 Å². The molecule has 1 N–H and O–H groups in total. The number of benzene rings is 2. The highest BCUT2D eigenvalue weighted by molar-refractivity contribution is 6.31. The van der Waals surface area contributed by atoms with E-state index in [0.29, 0.717) is 6.54 Å². The van der Waals surface area contributed by atoms with E-state index < -0.39 is 0 Å². The molecule has 94 valence electrons. The Morgan fingerprint density at radius 2 is 1.89 bits per heavy atom. The molecule has 0 saturated carbocycles. The molecule has 0 unspecified atom stereocenters. The maximum Gasteiger partial charge on any atom is 0.124 e. The Balaban J connectivity index is 2.47. The zero-order valence-corrected chi connectivity index (χ0v) is 11.2. The van der Waals surface area contributed by atoms with E-state index in [1.165, 1.54) is 6.07 Å². The second-order valence-corrected chi connectivity index (χ2v) is 4.76. The van der Waals surface area contributed by atoms with Crippen LogP contribution in [0.3, 0.4) is 0 Å². The smallest absolute Gasteiger partial charge is 0.124 e. The van der Waals surface area contributed by atoms with E-state index >= 15 is 0 Å². The SMILES string of the molecule is CNCc1cc(-c2cc(C)cc(F)c2)ccc1Cl. The third-order valence-corrected chi connectivity index (χ3v) is 3.16. The lowest BCUT2D eigenvalue weighted by Gasteiger charge is -2.08. The molecule has 0 aliphatic carbocycles. The molecular weight excluding hydrogens is 249 g/mol. The van der Waals surface area contributed by atoms with Crippen LogP contribution in [0.2, 0.25) is 5.02 Å². The van der Waals surface area contributed by atoms with Gasteiger partial charge < -0.3 is 5.32 Å². The van der Waals surface area contributed by atoms with Gasteiger partial charge in [-0.1, -0.05) is 23.7 Å². The summed E-state index contributed by atoms with van der Waals surface area (Å²) >= 11 is 6.11. The van der Waals surface area contributed by atoms with Crippen molar-refractivity contribution in [2.24, 2.45) is 0 Å². The fourth-order valence-corrected chi connectivity index (χ4v) is 2.17. The number of rotatable bonds is 3. The van der Waals surface area contributed by atoms with Gasteiger partial charge in [-0.25, -0.2) is 4.39 Å². The van der Waals surface area contributed by atoms with Crippen LogP contribution in [-0.2, 0) is 6.54 Å². The van der Waals surface area contributed by atoms with Crippen LogP contribution in [0.4, 0.5) is 4.39 Å². The number of hydrogen-bond donors (Lipinski definition) is 1. The molecule has 0 aromatic heterocycles. The molecule has 0 aliphatic rings. The Morgan fingerprint density at radius 1 is 1.11 bits per heavy atom. The van der Waals surface area contributed by atoms with Gasteiger partial charge in [0.1, 0.15) is 5.82 Å². The first-order valence-electron chi connectivity index (χ1n) is 5.81. The second-order valence-electron chi connectivity index (χ2n) is 4.35. The van der Waals surface area contributed by atoms with Gasteiger partial charge in [0.15, 0.2) is 0 Å². The lowest BCUT2D eigenvalue weighted by atomic mass is 10.0. The van der Waals surface area contributed by atoms with Crippen LogP contribution in [0.5, 0.6) is 0 Å². The van der Waals surface area contributed by atoms with Crippen LogP contribution in [0, 0.1) is 12.7 Å². The molecule has 2 rings (SSSR count). The molecule has 1 nitrogen and oxygen atoms in total. The van der Waals surface area contributed by atoms with E-state index in [4.69, 9.17) is 11.6 Å². The standard InChI is InChI=1S/C15H15ClFN/c1-10-5-12(8-14(17)6-10)11-3-4-15(16)13(7-11)9-18-2/h3-8,18H,9H2,1-2H3. The molecule has 2 aromatic rings. The quantitative estimate of drug-likeness (QED) is 0.876. The van der Waals surface area contributed by atoms with E-state index in [2.05, 4.69) is 5.32 Å². The van der Waals surface area contributed by atoms with Crippen LogP contribution in [0.15, 0.2) is 36.4 Å². The molecular formula is C15H15ClFN. The predicted octanol–water partition coefficient (Wildman–Crippen LogP) is 4.17. The lowest BCUT2D eigenvalue weighted by molar-refractivity contribution is 0.627. The summed E-state index contributed by atoms with van der Waals surface area (Å²) in [5, 5.41) is 3.79. The predicted molar refractivity (Wildman–Crippen MR) is 74.3 cm³/mol. The van der Waals surface area contributed by atoms with Crippen LogP contribution in [-0.4, -0.2) is 7.05 Å². The van der Waals surface area contributed by atoms with Crippen LogP contribution >= 0.6 is 11.6 Å².